The van der Waals surface area contributed by atoms with Gasteiger partial charge in [0.05, 0.1) is 23.5 Å². The first kappa shape index (κ1) is 24.8. The van der Waals surface area contributed by atoms with Crippen LogP contribution in [0.5, 0.6) is 0 Å². The Morgan fingerprint density at radius 3 is 1.84 bits per heavy atom. The van der Waals surface area contributed by atoms with Gasteiger partial charge in [-0.2, -0.15) is 31.6 Å². The second-order valence-corrected chi connectivity index (χ2v) is 6.68. The summed E-state index contributed by atoms with van der Waals surface area (Å²) < 4.78 is 78.5. The first-order valence-corrected chi connectivity index (χ1v) is 9.32. The molecule has 0 spiro atoms. The fourth-order valence-electron chi connectivity index (χ4n) is 2.85. The van der Waals surface area contributed by atoms with Gasteiger partial charge in [0.2, 0.25) is 0 Å². The molecule has 0 saturated heterocycles. The summed E-state index contributed by atoms with van der Waals surface area (Å²) in [6.07, 6.45) is -5.64. The number of nitriles is 1. The molecule has 0 aliphatic rings. The van der Waals surface area contributed by atoms with Crippen molar-refractivity contribution in [1.82, 2.24) is 9.55 Å². The van der Waals surface area contributed by atoms with Crippen LogP contribution in [0, 0.1) is 18.3 Å². The largest absolute Gasteiger partial charge is 0.416 e. The minimum Gasteiger partial charge on any atom is -0.321 e. The molecule has 1 heterocycles. The summed E-state index contributed by atoms with van der Waals surface area (Å²) in [4.78, 5) is 3.85. The van der Waals surface area contributed by atoms with Crippen LogP contribution in [0.1, 0.15) is 27.9 Å². The second kappa shape index (κ2) is 10.2. The number of hydrogen-bond donors (Lipinski definition) is 0. The zero-order chi connectivity index (χ0) is 23.9. The van der Waals surface area contributed by atoms with Gasteiger partial charge in [-0.1, -0.05) is 24.3 Å². The lowest BCUT2D eigenvalue weighted by molar-refractivity contribution is -0.138. The minimum absolute atomic E-state index is 0.210. The lowest BCUT2D eigenvalue weighted by Crippen LogP contribution is -2.06. The Labute approximate surface area is 182 Å². The Bertz CT molecular complexity index is 1060. The van der Waals surface area contributed by atoms with Crippen molar-refractivity contribution in [1.29, 1.82) is 5.26 Å². The number of aromatic nitrogens is 2. The molecule has 0 N–H and O–H groups in total. The molecule has 3 aromatic rings. The zero-order valence-electron chi connectivity index (χ0n) is 17.2. The molecule has 0 aliphatic carbocycles. The van der Waals surface area contributed by atoms with E-state index in [2.05, 4.69) is 4.98 Å². The number of alkyl halides is 6. The Kier molecular flexibility index (Phi) is 7.92. The average Bonchev–Trinajstić information content (AvgIpc) is 3.13. The van der Waals surface area contributed by atoms with Gasteiger partial charge in [-0.25, -0.2) is 4.98 Å². The van der Waals surface area contributed by atoms with Gasteiger partial charge in [-0.05, 0) is 47.9 Å². The van der Waals surface area contributed by atoms with Crippen LogP contribution < -0.4 is 0 Å². The number of halogens is 6. The highest BCUT2D eigenvalue weighted by Crippen LogP contribution is 2.34. The Morgan fingerprint density at radius 2 is 1.50 bits per heavy atom. The average molecular weight is 449 g/mol. The highest BCUT2D eigenvalue weighted by molar-refractivity contribution is 6.21. The lowest BCUT2D eigenvalue weighted by atomic mass is 9.90. The number of hydrogen-bond acceptors (Lipinski definition) is 2. The molecule has 3 nitrogen and oxygen atoms in total. The summed E-state index contributed by atoms with van der Waals surface area (Å²) in [6.45, 7) is 2.32. The van der Waals surface area contributed by atoms with Crippen LogP contribution in [0.3, 0.4) is 0 Å². The van der Waals surface area contributed by atoms with E-state index in [0.29, 0.717) is 12.1 Å². The highest BCUT2D eigenvalue weighted by Gasteiger charge is 2.32. The molecule has 0 saturated carbocycles. The van der Waals surface area contributed by atoms with Crippen molar-refractivity contribution >= 4 is 13.4 Å². The Morgan fingerprint density at radius 1 is 1.00 bits per heavy atom. The molecule has 166 valence electrons. The zero-order valence-corrected chi connectivity index (χ0v) is 17.2. The molecule has 0 bridgehead atoms. The number of aryl methyl sites for hydroxylation is 1. The maximum atomic E-state index is 12.8. The van der Waals surface area contributed by atoms with Crippen molar-refractivity contribution in [2.45, 2.75) is 25.8 Å². The first-order valence-electron chi connectivity index (χ1n) is 9.32. The van der Waals surface area contributed by atoms with Crippen LogP contribution in [0.2, 0.25) is 0 Å². The summed E-state index contributed by atoms with van der Waals surface area (Å²) in [5, 5.41) is 8.26. The van der Waals surface area contributed by atoms with Gasteiger partial charge in [0.1, 0.15) is 14.4 Å². The van der Waals surface area contributed by atoms with E-state index in [-0.39, 0.29) is 11.1 Å². The predicted octanol–water partition coefficient (Wildman–Crippen LogP) is 5.46. The fraction of sp³-hybridized carbons (Fsp3) is 0.182. The van der Waals surface area contributed by atoms with Crippen molar-refractivity contribution in [3.63, 3.8) is 0 Å². The van der Waals surface area contributed by atoms with Gasteiger partial charge in [0.15, 0.2) is 0 Å². The molecule has 2 aromatic carbocycles. The van der Waals surface area contributed by atoms with Crippen LogP contribution in [0.15, 0.2) is 67.0 Å². The molecule has 0 radical (unpaired) electrons. The molecule has 0 aliphatic heterocycles. The maximum Gasteiger partial charge on any atom is 0.416 e. The fourth-order valence-corrected chi connectivity index (χ4v) is 2.85. The predicted molar refractivity (Wildman–Crippen MR) is 111 cm³/mol. The van der Waals surface area contributed by atoms with Crippen LogP contribution >= 0.6 is 0 Å². The van der Waals surface area contributed by atoms with E-state index in [1.807, 2.05) is 13.0 Å². The third-order valence-electron chi connectivity index (χ3n) is 4.45. The SMILES string of the molecule is BC=C(c1cccc(C(F)(F)F)c1)c1cccc(C(F)(F)F)c1.Cc1cncn1CC#N. The maximum absolute atomic E-state index is 12.8. The van der Waals surface area contributed by atoms with Crippen LogP contribution in [0.25, 0.3) is 5.57 Å². The summed E-state index contributed by atoms with van der Waals surface area (Å²) in [5.74, 6) is 1.49. The number of nitrogens with zero attached hydrogens (tertiary/aromatic N) is 3. The molecular formula is C22H18BF6N3. The van der Waals surface area contributed by atoms with Crippen LogP contribution in [-0.2, 0) is 18.9 Å². The van der Waals surface area contributed by atoms with Crippen molar-refractivity contribution in [3.05, 3.63) is 95.0 Å². The Balaban J connectivity index is 0.000000336. The van der Waals surface area contributed by atoms with E-state index in [1.165, 1.54) is 30.2 Å². The summed E-state index contributed by atoms with van der Waals surface area (Å²) in [5.41, 5.74) is 0.0599. The number of imidazole rings is 1. The van der Waals surface area contributed by atoms with Gasteiger partial charge in [0.25, 0.3) is 0 Å². The molecule has 32 heavy (non-hydrogen) atoms. The van der Waals surface area contributed by atoms with Crippen molar-refractivity contribution in [3.8, 4) is 6.07 Å². The molecule has 1 aromatic heterocycles. The van der Waals surface area contributed by atoms with E-state index >= 15 is 0 Å². The molecule has 10 heteroatoms. The van der Waals surface area contributed by atoms with Gasteiger partial charge in [0, 0.05) is 11.9 Å². The third kappa shape index (κ3) is 6.51. The standard InChI is InChI=1S/C16H11BF6.C6H7N3/c17-9-14(10-3-1-5-12(7-10)15(18,19)20)11-4-2-6-13(8-11)16(21,22)23;1-6-4-8-5-9(6)3-2-7/h1-9H,17H2;4-5H,3H2,1H3. The molecular weight excluding hydrogens is 431 g/mol. The summed E-state index contributed by atoms with van der Waals surface area (Å²) >= 11 is 0. The van der Waals surface area contributed by atoms with E-state index in [4.69, 9.17) is 5.26 Å². The minimum atomic E-state index is -4.51. The molecule has 0 atom stereocenters. The Hall–Kier alpha value is -3.48. The summed E-state index contributed by atoms with van der Waals surface area (Å²) in [7, 11) is 1.57. The third-order valence-corrected chi connectivity index (χ3v) is 4.45. The smallest absolute Gasteiger partial charge is 0.321 e. The number of benzene rings is 2. The van der Waals surface area contributed by atoms with Crippen LogP contribution in [0.4, 0.5) is 26.3 Å². The molecule has 0 fully saturated rings. The molecule has 0 amide bonds. The van der Waals surface area contributed by atoms with E-state index in [1.54, 1.807) is 24.9 Å². The van der Waals surface area contributed by atoms with Gasteiger partial charge in [-0.3, -0.25) is 0 Å². The number of rotatable bonds is 3. The van der Waals surface area contributed by atoms with Gasteiger partial charge < -0.3 is 4.57 Å². The first-order chi connectivity index (χ1) is 15.0. The topological polar surface area (TPSA) is 41.6 Å². The van der Waals surface area contributed by atoms with Crippen molar-refractivity contribution < 1.29 is 26.3 Å². The van der Waals surface area contributed by atoms with Gasteiger partial charge >= 0.3 is 12.4 Å². The summed E-state index contributed by atoms with van der Waals surface area (Å²) in [6, 6.07) is 11.1. The lowest BCUT2D eigenvalue weighted by Gasteiger charge is -2.14. The molecule has 0 unspecified atom stereocenters. The van der Waals surface area contributed by atoms with E-state index < -0.39 is 23.5 Å². The van der Waals surface area contributed by atoms with Crippen molar-refractivity contribution in [2.75, 3.05) is 0 Å². The highest BCUT2D eigenvalue weighted by atomic mass is 19.4. The monoisotopic (exact) mass is 449 g/mol. The normalized spacial score (nSPS) is 11.2. The van der Waals surface area contributed by atoms with Crippen molar-refractivity contribution in [2.24, 2.45) is 0 Å². The quantitative estimate of drug-likeness (QED) is 0.394. The van der Waals surface area contributed by atoms with Crippen LogP contribution in [-0.4, -0.2) is 17.4 Å². The van der Waals surface area contributed by atoms with E-state index in [0.717, 1.165) is 30.0 Å². The second-order valence-electron chi connectivity index (χ2n) is 6.68. The van der Waals surface area contributed by atoms with E-state index in [9.17, 15) is 26.3 Å². The molecule has 3 rings (SSSR count). The van der Waals surface area contributed by atoms with Gasteiger partial charge in [-0.15, -0.1) is 5.98 Å².